The molecule has 0 heterocycles. The van der Waals surface area contributed by atoms with Gasteiger partial charge in [0, 0.05) is 13.1 Å². The Balaban J connectivity index is 5.32. The second-order valence-corrected chi connectivity index (χ2v) is 8.89. The number of carbonyl (C=O) groups excluding carboxylic acids is 4. The molecular weight excluding hydrogens is 468 g/mol. The molecule has 0 saturated carbocycles. The van der Waals surface area contributed by atoms with Gasteiger partial charge in [-0.25, -0.2) is 0 Å². The van der Waals surface area contributed by atoms with Gasteiger partial charge in [-0.1, -0.05) is 26.3 Å². The van der Waals surface area contributed by atoms with Crippen molar-refractivity contribution in [2.75, 3.05) is 65.7 Å². The van der Waals surface area contributed by atoms with Crippen molar-refractivity contribution in [2.24, 2.45) is 0 Å². The van der Waals surface area contributed by atoms with Crippen LogP contribution in [0.2, 0.25) is 0 Å². The lowest BCUT2D eigenvalue weighted by molar-refractivity contribution is -0.151. The maximum Gasteiger partial charge on any atom is 0.320 e. The number of ether oxygens (including phenoxy) is 4. The normalized spacial score (nSPS) is 10.5. The van der Waals surface area contributed by atoms with Crippen LogP contribution < -0.4 is 0 Å². The number of hydrogen-bond acceptors (Lipinski definition) is 10. The first-order chi connectivity index (χ1) is 16.8. The second-order valence-electron chi connectivity index (χ2n) is 8.89. The van der Waals surface area contributed by atoms with Crippen LogP contribution in [0.3, 0.4) is 0 Å². The summed E-state index contributed by atoms with van der Waals surface area (Å²) >= 11 is 0. The minimum atomic E-state index is -0.556. The largest absolute Gasteiger partial charge is 0.460 e. The van der Waals surface area contributed by atoms with E-state index in [9.17, 15) is 19.2 Å². The zero-order valence-electron chi connectivity index (χ0n) is 22.1. The van der Waals surface area contributed by atoms with Crippen LogP contribution in [0.15, 0.2) is 48.6 Å². The molecule has 0 amide bonds. The summed E-state index contributed by atoms with van der Waals surface area (Å²) in [6, 6.07) is 0. The lowest BCUT2D eigenvalue weighted by Crippen LogP contribution is -2.44. The molecule has 0 saturated heterocycles. The van der Waals surface area contributed by atoms with Gasteiger partial charge in [0.25, 0.3) is 0 Å². The monoisotopic (exact) mass is 508 g/mol. The van der Waals surface area contributed by atoms with E-state index in [0.717, 1.165) is 0 Å². The van der Waals surface area contributed by atoms with E-state index in [-0.39, 0.29) is 65.7 Å². The van der Waals surface area contributed by atoms with Gasteiger partial charge in [0.05, 0.1) is 26.2 Å². The Morgan fingerprint density at radius 1 is 0.472 bits per heavy atom. The Labute approximate surface area is 214 Å². The Bertz CT molecular complexity index is 702. The summed E-state index contributed by atoms with van der Waals surface area (Å²) in [5.74, 6) is -2.23. The molecule has 0 fully saturated rings. The number of hydrogen-bond donors (Lipinski definition) is 0. The molecule has 0 unspecified atom stereocenters. The van der Waals surface area contributed by atoms with Crippen LogP contribution in [-0.2, 0) is 38.1 Å². The lowest BCUT2D eigenvalue weighted by atomic mass is 10.3. The van der Waals surface area contributed by atoms with Gasteiger partial charge in [0.2, 0.25) is 0 Å². The summed E-state index contributed by atoms with van der Waals surface area (Å²) in [5.41, 5.74) is 2.68. The van der Waals surface area contributed by atoms with Crippen molar-refractivity contribution in [3.05, 3.63) is 48.6 Å². The first kappa shape index (κ1) is 32.8. The SMILES string of the molecule is C=C(C)COC(=O)CN(CCN(CC(=O)OCC(=C)C)CC(=O)OCC(=C)C)CC(=O)OCC(=C)C. The third-order valence-corrected chi connectivity index (χ3v) is 4.06. The Kier molecular flexibility index (Phi) is 16.5. The Hall–Kier alpha value is -3.24. The molecule has 10 nitrogen and oxygen atoms in total. The Morgan fingerprint density at radius 2 is 0.667 bits per heavy atom. The molecule has 0 aliphatic rings. The number of rotatable bonds is 19. The molecule has 36 heavy (non-hydrogen) atoms. The predicted octanol–water partition coefficient (Wildman–Crippen LogP) is 2.07. The molecule has 0 aliphatic heterocycles. The number of carbonyl (C=O) groups is 4. The van der Waals surface area contributed by atoms with E-state index in [1.54, 1.807) is 27.7 Å². The highest BCUT2D eigenvalue weighted by atomic mass is 16.5. The fraction of sp³-hybridized carbons (Fsp3) is 0.538. The number of nitrogens with zero attached hydrogens (tertiary/aromatic N) is 2. The van der Waals surface area contributed by atoms with Gasteiger partial charge in [-0.15, -0.1) is 0 Å². The standard InChI is InChI=1S/C26H40N2O8/c1-19(2)15-33-23(29)11-27(12-24(30)34-16-20(3)4)9-10-28(13-25(31)35-17-21(5)6)14-26(32)36-18-22(7)8/h1,3,5,7,9-18H2,2,4,6,8H3. The third kappa shape index (κ3) is 19.1. The zero-order valence-corrected chi connectivity index (χ0v) is 22.1. The predicted molar refractivity (Wildman–Crippen MR) is 136 cm³/mol. The molecule has 0 aromatic carbocycles. The first-order valence-electron chi connectivity index (χ1n) is 11.4. The van der Waals surface area contributed by atoms with Crippen molar-refractivity contribution >= 4 is 23.9 Å². The fourth-order valence-corrected chi connectivity index (χ4v) is 2.44. The van der Waals surface area contributed by atoms with Crippen molar-refractivity contribution < 1.29 is 38.1 Å². The maximum atomic E-state index is 12.3. The summed E-state index contributed by atoms with van der Waals surface area (Å²) < 4.78 is 20.5. The molecule has 0 aromatic heterocycles. The van der Waals surface area contributed by atoms with Crippen molar-refractivity contribution in [2.45, 2.75) is 27.7 Å². The molecule has 0 rings (SSSR count). The average molecular weight is 509 g/mol. The van der Waals surface area contributed by atoms with Crippen LogP contribution >= 0.6 is 0 Å². The molecule has 202 valence electrons. The van der Waals surface area contributed by atoms with Gasteiger partial charge >= 0.3 is 23.9 Å². The minimum absolute atomic E-state index is 0.0576. The van der Waals surface area contributed by atoms with Gasteiger partial charge in [0.1, 0.15) is 26.4 Å². The minimum Gasteiger partial charge on any atom is -0.460 e. The van der Waals surface area contributed by atoms with Crippen molar-refractivity contribution in [3.8, 4) is 0 Å². The molecule has 0 radical (unpaired) electrons. The molecule has 0 bridgehead atoms. The van der Waals surface area contributed by atoms with Gasteiger partial charge in [-0.2, -0.15) is 0 Å². The average Bonchev–Trinajstić information content (AvgIpc) is 2.76. The van der Waals surface area contributed by atoms with Crippen molar-refractivity contribution in [1.82, 2.24) is 9.80 Å². The van der Waals surface area contributed by atoms with Crippen LogP contribution in [0.25, 0.3) is 0 Å². The lowest BCUT2D eigenvalue weighted by Gasteiger charge is -2.25. The van der Waals surface area contributed by atoms with E-state index in [1.165, 1.54) is 9.80 Å². The molecule has 0 N–H and O–H groups in total. The summed E-state index contributed by atoms with van der Waals surface area (Å²) in [6.07, 6.45) is 0. The Morgan fingerprint density at radius 3 is 0.833 bits per heavy atom. The molecule has 10 heteroatoms. The molecule has 0 atom stereocenters. The smallest absolute Gasteiger partial charge is 0.320 e. The van der Waals surface area contributed by atoms with E-state index in [4.69, 9.17) is 18.9 Å². The van der Waals surface area contributed by atoms with E-state index < -0.39 is 23.9 Å². The van der Waals surface area contributed by atoms with E-state index in [2.05, 4.69) is 26.3 Å². The van der Waals surface area contributed by atoms with Gasteiger partial charge in [-0.3, -0.25) is 29.0 Å². The quantitative estimate of drug-likeness (QED) is 0.146. The van der Waals surface area contributed by atoms with Gasteiger partial charge in [-0.05, 0) is 50.0 Å². The van der Waals surface area contributed by atoms with Crippen LogP contribution in [0.1, 0.15) is 27.7 Å². The van der Waals surface area contributed by atoms with E-state index in [0.29, 0.717) is 22.3 Å². The molecule has 0 aromatic rings. The highest BCUT2D eigenvalue weighted by Gasteiger charge is 2.21. The van der Waals surface area contributed by atoms with Crippen LogP contribution in [0.4, 0.5) is 0 Å². The molecular formula is C26H40N2O8. The van der Waals surface area contributed by atoms with Gasteiger partial charge < -0.3 is 18.9 Å². The fourth-order valence-electron chi connectivity index (χ4n) is 2.44. The highest BCUT2D eigenvalue weighted by molar-refractivity contribution is 5.76. The third-order valence-electron chi connectivity index (χ3n) is 4.06. The van der Waals surface area contributed by atoms with E-state index in [1.807, 2.05) is 0 Å². The number of esters is 4. The summed E-state index contributed by atoms with van der Waals surface area (Å²) in [7, 11) is 0. The summed E-state index contributed by atoms with van der Waals surface area (Å²) in [4.78, 5) is 52.0. The maximum absolute atomic E-state index is 12.3. The molecule has 0 aliphatic carbocycles. The van der Waals surface area contributed by atoms with Crippen LogP contribution in [0, 0.1) is 0 Å². The van der Waals surface area contributed by atoms with Crippen LogP contribution in [0.5, 0.6) is 0 Å². The molecule has 0 spiro atoms. The summed E-state index contributed by atoms with van der Waals surface area (Å²) in [5, 5.41) is 0. The topological polar surface area (TPSA) is 112 Å². The summed E-state index contributed by atoms with van der Waals surface area (Å²) in [6.45, 7) is 21.3. The second kappa shape index (κ2) is 18.1. The van der Waals surface area contributed by atoms with Gasteiger partial charge in [0.15, 0.2) is 0 Å². The van der Waals surface area contributed by atoms with E-state index >= 15 is 0 Å². The van der Waals surface area contributed by atoms with Crippen molar-refractivity contribution in [1.29, 1.82) is 0 Å². The first-order valence-corrected chi connectivity index (χ1v) is 11.4. The zero-order chi connectivity index (χ0) is 27.7. The van der Waals surface area contributed by atoms with Crippen LogP contribution in [-0.4, -0.2) is 99.4 Å². The van der Waals surface area contributed by atoms with Crippen molar-refractivity contribution in [3.63, 3.8) is 0 Å². The highest BCUT2D eigenvalue weighted by Crippen LogP contribution is 2.01.